The van der Waals surface area contributed by atoms with Crippen LogP contribution in [0.5, 0.6) is 0 Å². The van der Waals surface area contributed by atoms with Gasteiger partial charge in [-0.2, -0.15) is 0 Å². The van der Waals surface area contributed by atoms with Crippen LogP contribution in [-0.4, -0.2) is 66.7 Å². The van der Waals surface area contributed by atoms with Crippen LogP contribution < -0.4 is 5.32 Å². The first-order valence-corrected chi connectivity index (χ1v) is 10.2. The number of nitrogens with one attached hydrogen (secondary N) is 1. The SMILES string of the molecule is CCCCNC(=O)CN1CCN(C(=O)CCC(=O)c2ccc(C)s2)CC1. The molecule has 26 heavy (non-hydrogen) atoms. The molecule has 1 N–H and O–H groups in total. The van der Waals surface area contributed by atoms with E-state index in [0.29, 0.717) is 32.7 Å². The molecule has 0 aromatic carbocycles. The molecule has 7 heteroatoms. The number of carbonyl (C=O) groups is 3. The van der Waals surface area contributed by atoms with Gasteiger partial charge < -0.3 is 10.2 Å². The van der Waals surface area contributed by atoms with Crippen molar-refractivity contribution in [2.45, 2.75) is 39.5 Å². The third-order valence-electron chi connectivity index (χ3n) is 4.53. The van der Waals surface area contributed by atoms with Gasteiger partial charge in [-0.15, -0.1) is 11.3 Å². The summed E-state index contributed by atoms with van der Waals surface area (Å²) in [6, 6.07) is 3.76. The number of Topliss-reactive ketones (excluding diaryl/α,β-unsaturated/α-hetero) is 1. The Morgan fingerprint density at radius 3 is 2.46 bits per heavy atom. The van der Waals surface area contributed by atoms with Crippen molar-refractivity contribution in [1.82, 2.24) is 15.1 Å². The summed E-state index contributed by atoms with van der Waals surface area (Å²) in [5, 5.41) is 2.92. The number of ketones is 1. The highest BCUT2D eigenvalue weighted by atomic mass is 32.1. The van der Waals surface area contributed by atoms with E-state index in [4.69, 9.17) is 0 Å². The maximum Gasteiger partial charge on any atom is 0.234 e. The Morgan fingerprint density at radius 1 is 1.12 bits per heavy atom. The summed E-state index contributed by atoms with van der Waals surface area (Å²) in [5.74, 6) is 0.118. The minimum absolute atomic E-state index is 0.0266. The largest absolute Gasteiger partial charge is 0.355 e. The van der Waals surface area contributed by atoms with Crippen LogP contribution in [0.1, 0.15) is 47.2 Å². The first-order chi connectivity index (χ1) is 12.5. The molecule has 0 saturated carbocycles. The number of thiophene rings is 1. The first-order valence-electron chi connectivity index (χ1n) is 9.36. The molecule has 2 heterocycles. The summed E-state index contributed by atoms with van der Waals surface area (Å²) in [6.07, 6.45) is 2.58. The molecule has 1 aliphatic rings. The molecule has 0 bridgehead atoms. The summed E-state index contributed by atoms with van der Waals surface area (Å²) in [5.41, 5.74) is 0. The number of rotatable bonds is 9. The molecular formula is C19H29N3O3S. The van der Waals surface area contributed by atoms with E-state index >= 15 is 0 Å². The zero-order valence-corrected chi connectivity index (χ0v) is 16.6. The van der Waals surface area contributed by atoms with Gasteiger partial charge in [0.2, 0.25) is 11.8 Å². The molecule has 1 saturated heterocycles. The lowest BCUT2D eigenvalue weighted by Gasteiger charge is -2.34. The smallest absolute Gasteiger partial charge is 0.234 e. The van der Waals surface area contributed by atoms with Crippen LogP contribution in [0.3, 0.4) is 0 Å². The van der Waals surface area contributed by atoms with Crippen LogP contribution >= 0.6 is 11.3 Å². The van der Waals surface area contributed by atoms with E-state index in [1.54, 1.807) is 4.90 Å². The van der Waals surface area contributed by atoms with Crippen LogP contribution in [0.25, 0.3) is 0 Å². The van der Waals surface area contributed by atoms with Gasteiger partial charge in [0.05, 0.1) is 11.4 Å². The fourth-order valence-corrected chi connectivity index (χ4v) is 3.74. The van der Waals surface area contributed by atoms with E-state index in [1.165, 1.54) is 11.3 Å². The number of amides is 2. The Balaban J connectivity index is 1.66. The quantitative estimate of drug-likeness (QED) is 0.527. The standard InChI is InChI=1S/C19H29N3O3S/c1-3-4-9-20-18(24)14-21-10-12-22(13-11-21)19(25)8-6-16(23)17-7-5-15(2)26-17/h5,7H,3-4,6,8-14H2,1-2H3,(H,20,24). The molecule has 2 rings (SSSR count). The fraction of sp³-hybridized carbons (Fsp3) is 0.632. The van der Waals surface area contributed by atoms with Gasteiger partial charge in [0.25, 0.3) is 0 Å². The molecule has 2 amide bonds. The zero-order chi connectivity index (χ0) is 18.9. The average Bonchev–Trinajstić information content (AvgIpc) is 3.07. The number of unbranched alkanes of at least 4 members (excludes halogenated alkanes) is 1. The van der Waals surface area contributed by atoms with Gasteiger partial charge in [0.15, 0.2) is 5.78 Å². The van der Waals surface area contributed by atoms with E-state index in [2.05, 4.69) is 17.1 Å². The maximum absolute atomic E-state index is 12.3. The van der Waals surface area contributed by atoms with Crippen molar-refractivity contribution in [3.8, 4) is 0 Å². The van der Waals surface area contributed by atoms with E-state index in [1.807, 2.05) is 19.1 Å². The lowest BCUT2D eigenvalue weighted by Crippen LogP contribution is -2.51. The lowest BCUT2D eigenvalue weighted by molar-refractivity contribution is -0.133. The van der Waals surface area contributed by atoms with Crippen molar-refractivity contribution in [3.05, 3.63) is 21.9 Å². The van der Waals surface area contributed by atoms with Crippen molar-refractivity contribution in [2.24, 2.45) is 0 Å². The zero-order valence-electron chi connectivity index (χ0n) is 15.8. The second-order valence-electron chi connectivity index (χ2n) is 6.69. The van der Waals surface area contributed by atoms with Crippen molar-refractivity contribution < 1.29 is 14.4 Å². The summed E-state index contributed by atoms with van der Waals surface area (Å²) >= 11 is 1.48. The highest BCUT2D eigenvalue weighted by Gasteiger charge is 2.23. The van der Waals surface area contributed by atoms with Gasteiger partial charge in [-0.25, -0.2) is 0 Å². The number of carbonyl (C=O) groups excluding carboxylic acids is 3. The minimum Gasteiger partial charge on any atom is -0.355 e. The Hall–Kier alpha value is -1.73. The molecule has 0 unspecified atom stereocenters. The topological polar surface area (TPSA) is 69.7 Å². The van der Waals surface area contributed by atoms with Crippen LogP contribution in [-0.2, 0) is 9.59 Å². The number of nitrogens with zero attached hydrogens (tertiary/aromatic N) is 2. The predicted octanol–water partition coefficient (Wildman–Crippen LogP) is 2.08. The van der Waals surface area contributed by atoms with Gasteiger partial charge in [-0.3, -0.25) is 19.3 Å². The number of piperazine rings is 1. The van der Waals surface area contributed by atoms with Crippen LogP contribution in [0.4, 0.5) is 0 Å². The Bertz CT molecular complexity index is 621. The first kappa shape index (κ1) is 20.6. The summed E-state index contributed by atoms with van der Waals surface area (Å²) in [6.45, 7) is 7.82. The Labute approximate surface area is 159 Å². The Kier molecular flexibility index (Phi) is 8.25. The van der Waals surface area contributed by atoms with Crippen LogP contribution in [0.15, 0.2) is 12.1 Å². The molecule has 1 fully saturated rings. The van der Waals surface area contributed by atoms with Crippen molar-refractivity contribution in [3.63, 3.8) is 0 Å². The monoisotopic (exact) mass is 379 g/mol. The lowest BCUT2D eigenvalue weighted by atomic mass is 10.1. The predicted molar refractivity (Wildman–Crippen MR) is 104 cm³/mol. The summed E-state index contributed by atoms with van der Waals surface area (Å²) < 4.78 is 0. The van der Waals surface area contributed by atoms with E-state index in [9.17, 15) is 14.4 Å². The van der Waals surface area contributed by atoms with E-state index < -0.39 is 0 Å². The Morgan fingerprint density at radius 2 is 1.85 bits per heavy atom. The molecule has 1 aromatic rings. The van der Waals surface area contributed by atoms with Gasteiger partial charge >= 0.3 is 0 Å². The van der Waals surface area contributed by atoms with Gasteiger partial charge in [0.1, 0.15) is 0 Å². The second kappa shape index (κ2) is 10.4. The number of hydrogen-bond donors (Lipinski definition) is 1. The highest BCUT2D eigenvalue weighted by molar-refractivity contribution is 7.14. The van der Waals surface area contributed by atoms with E-state index in [0.717, 1.165) is 29.1 Å². The normalized spacial score (nSPS) is 15.1. The van der Waals surface area contributed by atoms with Gasteiger partial charge in [-0.1, -0.05) is 13.3 Å². The van der Waals surface area contributed by atoms with Crippen LogP contribution in [0, 0.1) is 6.92 Å². The molecule has 1 aromatic heterocycles. The molecule has 0 atom stereocenters. The molecule has 144 valence electrons. The fourth-order valence-electron chi connectivity index (χ4n) is 2.91. The second-order valence-corrected chi connectivity index (χ2v) is 7.98. The third kappa shape index (κ3) is 6.53. The van der Waals surface area contributed by atoms with Gasteiger partial charge in [-0.05, 0) is 25.5 Å². The summed E-state index contributed by atoms with van der Waals surface area (Å²) in [7, 11) is 0. The highest BCUT2D eigenvalue weighted by Crippen LogP contribution is 2.18. The molecule has 0 spiro atoms. The van der Waals surface area contributed by atoms with E-state index in [-0.39, 0.29) is 30.4 Å². The molecular weight excluding hydrogens is 350 g/mol. The van der Waals surface area contributed by atoms with Crippen molar-refractivity contribution >= 4 is 28.9 Å². The van der Waals surface area contributed by atoms with Crippen molar-refractivity contribution in [1.29, 1.82) is 0 Å². The third-order valence-corrected chi connectivity index (χ3v) is 5.57. The number of hydrogen-bond acceptors (Lipinski definition) is 5. The molecule has 6 nitrogen and oxygen atoms in total. The summed E-state index contributed by atoms with van der Waals surface area (Å²) in [4.78, 5) is 42.0. The molecule has 0 radical (unpaired) electrons. The van der Waals surface area contributed by atoms with Crippen LogP contribution in [0.2, 0.25) is 0 Å². The average molecular weight is 380 g/mol. The molecule has 1 aliphatic heterocycles. The maximum atomic E-state index is 12.3. The molecule has 0 aliphatic carbocycles. The van der Waals surface area contributed by atoms with Crippen molar-refractivity contribution in [2.75, 3.05) is 39.3 Å². The van der Waals surface area contributed by atoms with Gasteiger partial charge in [0, 0.05) is 50.4 Å². The number of aryl methyl sites for hydroxylation is 1. The minimum atomic E-state index is 0.0266.